The maximum absolute atomic E-state index is 11.1. The van der Waals surface area contributed by atoms with Gasteiger partial charge in [-0.1, -0.05) is 41.9 Å². The van der Waals surface area contributed by atoms with Gasteiger partial charge in [0.25, 0.3) is 0 Å². The number of halogens is 1. The first-order valence-corrected chi connectivity index (χ1v) is 5.58. The van der Waals surface area contributed by atoms with Crippen molar-refractivity contribution in [2.45, 2.75) is 13.5 Å². The average Bonchev–Trinajstić information content (AvgIpc) is 2.67. The number of aromatic carboxylic acids is 1. The smallest absolute Gasteiger partial charge is 0.355 e. The van der Waals surface area contributed by atoms with Crippen molar-refractivity contribution in [3.8, 4) is 11.3 Å². The molecule has 17 heavy (non-hydrogen) atoms. The molecule has 1 N–H and O–H groups in total. The molecule has 2 rings (SSSR count). The zero-order valence-corrected chi connectivity index (χ0v) is 9.98. The van der Waals surface area contributed by atoms with Gasteiger partial charge >= 0.3 is 5.97 Å². The van der Waals surface area contributed by atoms with E-state index in [1.54, 1.807) is 0 Å². The van der Waals surface area contributed by atoms with Gasteiger partial charge in [0.1, 0.15) is 10.7 Å². The number of hydrogen-bond acceptors (Lipinski definition) is 2. The maximum Gasteiger partial charge on any atom is 0.355 e. The van der Waals surface area contributed by atoms with Crippen LogP contribution in [0.25, 0.3) is 11.3 Å². The number of benzene rings is 1. The second kappa shape index (κ2) is 4.59. The van der Waals surface area contributed by atoms with Crippen LogP contribution in [0.4, 0.5) is 0 Å². The summed E-state index contributed by atoms with van der Waals surface area (Å²) in [4.78, 5) is 11.1. The van der Waals surface area contributed by atoms with Crippen molar-refractivity contribution >= 4 is 17.6 Å². The van der Waals surface area contributed by atoms with E-state index in [0.717, 1.165) is 5.56 Å². The van der Waals surface area contributed by atoms with Crippen molar-refractivity contribution in [2.75, 3.05) is 0 Å². The number of carboxylic acids is 1. The first-order valence-electron chi connectivity index (χ1n) is 5.20. The molecule has 1 aromatic carbocycles. The van der Waals surface area contributed by atoms with E-state index in [9.17, 15) is 4.79 Å². The third kappa shape index (κ3) is 2.03. The van der Waals surface area contributed by atoms with Gasteiger partial charge in [0.05, 0.1) is 0 Å². The molecule has 0 aliphatic heterocycles. The van der Waals surface area contributed by atoms with E-state index in [1.807, 2.05) is 37.3 Å². The SMILES string of the molecule is CCn1nc(-c2ccccc2)c(Cl)c1C(=O)O. The molecule has 0 radical (unpaired) electrons. The summed E-state index contributed by atoms with van der Waals surface area (Å²) in [7, 11) is 0. The van der Waals surface area contributed by atoms with Crippen LogP contribution in [0, 0.1) is 0 Å². The van der Waals surface area contributed by atoms with Crippen LogP contribution in [0.3, 0.4) is 0 Å². The molecule has 1 aromatic heterocycles. The fourth-order valence-corrected chi connectivity index (χ4v) is 1.98. The van der Waals surface area contributed by atoms with E-state index in [1.165, 1.54) is 4.68 Å². The summed E-state index contributed by atoms with van der Waals surface area (Å²) in [6.07, 6.45) is 0. The zero-order chi connectivity index (χ0) is 12.4. The quantitative estimate of drug-likeness (QED) is 0.911. The minimum Gasteiger partial charge on any atom is -0.476 e. The number of hydrogen-bond donors (Lipinski definition) is 1. The number of carboxylic acid groups (broad SMARTS) is 1. The van der Waals surface area contributed by atoms with Crippen LogP contribution >= 0.6 is 11.6 Å². The molecular formula is C12H11ClN2O2. The monoisotopic (exact) mass is 250 g/mol. The summed E-state index contributed by atoms with van der Waals surface area (Å²) in [6, 6.07) is 9.29. The lowest BCUT2D eigenvalue weighted by Crippen LogP contribution is -2.08. The summed E-state index contributed by atoms with van der Waals surface area (Å²) >= 11 is 6.07. The number of carbonyl (C=O) groups is 1. The predicted octanol–water partition coefficient (Wildman–Crippen LogP) is 2.92. The second-order valence-corrected chi connectivity index (χ2v) is 3.88. The molecule has 0 spiro atoms. The van der Waals surface area contributed by atoms with Gasteiger partial charge in [-0.05, 0) is 6.92 Å². The fraction of sp³-hybridized carbons (Fsp3) is 0.167. The van der Waals surface area contributed by atoms with Crippen molar-refractivity contribution in [3.05, 3.63) is 41.0 Å². The fourth-order valence-electron chi connectivity index (χ4n) is 1.65. The Morgan fingerprint density at radius 2 is 2.06 bits per heavy atom. The Bertz CT molecular complexity index is 549. The summed E-state index contributed by atoms with van der Waals surface area (Å²) in [5.74, 6) is -1.06. The van der Waals surface area contributed by atoms with Crippen LogP contribution < -0.4 is 0 Å². The molecule has 0 aliphatic rings. The van der Waals surface area contributed by atoms with E-state index >= 15 is 0 Å². The van der Waals surface area contributed by atoms with Crippen LogP contribution in [0.5, 0.6) is 0 Å². The summed E-state index contributed by atoms with van der Waals surface area (Å²) in [5, 5.41) is 13.5. The van der Waals surface area contributed by atoms with E-state index in [2.05, 4.69) is 5.10 Å². The van der Waals surface area contributed by atoms with Gasteiger partial charge < -0.3 is 5.11 Å². The van der Waals surface area contributed by atoms with E-state index in [4.69, 9.17) is 16.7 Å². The minimum absolute atomic E-state index is 0.0352. The Hall–Kier alpha value is -1.81. The van der Waals surface area contributed by atoms with Gasteiger partial charge in [0, 0.05) is 12.1 Å². The molecule has 0 fully saturated rings. The number of aromatic nitrogens is 2. The first-order chi connectivity index (χ1) is 8.15. The second-order valence-electron chi connectivity index (χ2n) is 3.50. The van der Waals surface area contributed by atoms with Crippen LogP contribution in [-0.2, 0) is 6.54 Å². The van der Waals surface area contributed by atoms with E-state index < -0.39 is 5.97 Å². The third-order valence-electron chi connectivity index (χ3n) is 2.44. The van der Waals surface area contributed by atoms with Crippen molar-refractivity contribution < 1.29 is 9.90 Å². The Kier molecular flexibility index (Phi) is 3.15. The molecule has 88 valence electrons. The van der Waals surface area contributed by atoms with Crippen molar-refractivity contribution in [1.29, 1.82) is 0 Å². The number of aryl methyl sites for hydroxylation is 1. The number of rotatable bonds is 3. The standard InChI is InChI=1S/C12H11ClN2O2/c1-2-15-11(12(16)17)9(13)10(14-15)8-6-4-3-5-7-8/h3-7H,2H2,1H3,(H,16,17). The lowest BCUT2D eigenvalue weighted by atomic mass is 10.1. The lowest BCUT2D eigenvalue weighted by molar-refractivity contribution is 0.0683. The Morgan fingerprint density at radius 1 is 1.41 bits per heavy atom. The molecule has 0 saturated carbocycles. The van der Waals surface area contributed by atoms with Crippen LogP contribution in [-0.4, -0.2) is 20.9 Å². The molecule has 1 heterocycles. The molecule has 0 aliphatic carbocycles. The highest BCUT2D eigenvalue weighted by molar-refractivity contribution is 6.35. The van der Waals surface area contributed by atoms with Gasteiger partial charge in [0.2, 0.25) is 0 Å². The molecule has 0 amide bonds. The van der Waals surface area contributed by atoms with E-state index in [0.29, 0.717) is 12.2 Å². The Morgan fingerprint density at radius 3 is 2.53 bits per heavy atom. The minimum atomic E-state index is -1.06. The Labute approximate surface area is 103 Å². The highest BCUT2D eigenvalue weighted by Crippen LogP contribution is 2.29. The molecule has 4 nitrogen and oxygen atoms in total. The molecule has 0 bridgehead atoms. The predicted molar refractivity (Wildman–Crippen MR) is 65.3 cm³/mol. The molecule has 5 heteroatoms. The molecular weight excluding hydrogens is 240 g/mol. The third-order valence-corrected chi connectivity index (χ3v) is 2.80. The molecule has 2 aromatic rings. The van der Waals surface area contributed by atoms with Gasteiger partial charge in [-0.25, -0.2) is 4.79 Å². The zero-order valence-electron chi connectivity index (χ0n) is 9.22. The van der Waals surface area contributed by atoms with Crippen LogP contribution in [0.2, 0.25) is 5.02 Å². The van der Waals surface area contributed by atoms with Gasteiger partial charge in [-0.3, -0.25) is 4.68 Å². The van der Waals surface area contributed by atoms with Gasteiger partial charge in [-0.15, -0.1) is 0 Å². The van der Waals surface area contributed by atoms with Crippen molar-refractivity contribution in [1.82, 2.24) is 9.78 Å². The largest absolute Gasteiger partial charge is 0.476 e. The number of nitrogens with zero attached hydrogens (tertiary/aromatic N) is 2. The molecule has 0 saturated heterocycles. The van der Waals surface area contributed by atoms with Crippen molar-refractivity contribution in [2.24, 2.45) is 0 Å². The van der Waals surface area contributed by atoms with Gasteiger partial charge in [0.15, 0.2) is 5.69 Å². The van der Waals surface area contributed by atoms with Crippen molar-refractivity contribution in [3.63, 3.8) is 0 Å². The lowest BCUT2D eigenvalue weighted by Gasteiger charge is -1.97. The topological polar surface area (TPSA) is 55.1 Å². The molecule has 0 atom stereocenters. The highest BCUT2D eigenvalue weighted by Gasteiger charge is 2.21. The summed E-state index contributed by atoms with van der Waals surface area (Å²) in [5.41, 5.74) is 1.35. The Balaban J connectivity index is 2.61. The summed E-state index contributed by atoms with van der Waals surface area (Å²) < 4.78 is 1.40. The normalized spacial score (nSPS) is 10.5. The first kappa shape index (κ1) is 11.7. The van der Waals surface area contributed by atoms with Crippen LogP contribution in [0.1, 0.15) is 17.4 Å². The average molecular weight is 251 g/mol. The summed E-state index contributed by atoms with van der Waals surface area (Å²) in [6.45, 7) is 2.29. The molecule has 0 unspecified atom stereocenters. The van der Waals surface area contributed by atoms with E-state index in [-0.39, 0.29) is 10.7 Å². The van der Waals surface area contributed by atoms with Crippen LogP contribution in [0.15, 0.2) is 30.3 Å². The highest BCUT2D eigenvalue weighted by atomic mass is 35.5. The maximum atomic E-state index is 11.1. The van der Waals surface area contributed by atoms with Gasteiger partial charge in [-0.2, -0.15) is 5.10 Å².